The van der Waals surface area contributed by atoms with Crippen LogP contribution in [0.4, 0.5) is 0 Å². The highest BCUT2D eigenvalue weighted by atomic mass is 16.3. The number of hydrogen-bond acceptors (Lipinski definition) is 2. The van der Waals surface area contributed by atoms with E-state index in [0.29, 0.717) is 18.4 Å². The SMILES string of the molecule is CN(C(=O)CCc1ccc2[nH]ccc2c1)C1CCC(CO)CC1. The largest absolute Gasteiger partial charge is 0.396 e. The van der Waals surface area contributed by atoms with Crippen molar-refractivity contribution < 1.29 is 9.90 Å². The summed E-state index contributed by atoms with van der Waals surface area (Å²) in [5.41, 5.74) is 2.35. The van der Waals surface area contributed by atoms with Crippen LogP contribution in [0.5, 0.6) is 0 Å². The molecule has 1 amide bonds. The number of aliphatic hydroxyl groups excluding tert-OH is 1. The first-order chi connectivity index (χ1) is 11.2. The second-order valence-electron chi connectivity index (χ2n) is 6.76. The average molecular weight is 314 g/mol. The summed E-state index contributed by atoms with van der Waals surface area (Å²) in [6.45, 7) is 0.284. The van der Waals surface area contributed by atoms with Crippen molar-refractivity contribution in [1.82, 2.24) is 9.88 Å². The highest BCUT2D eigenvalue weighted by molar-refractivity contribution is 5.80. The van der Waals surface area contributed by atoms with Crippen molar-refractivity contribution in [2.75, 3.05) is 13.7 Å². The molecule has 23 heavy (non-hydrogen) atoms. The van der Waals surface area contributed by atoms with Gasteiger partial charge in [0.2, 0.25) is 5.91 Å². The Hall–Kier alpha value is -1.81. The zero-order valence-corrected chi connectivity index (χ0v) is 13.8. The minimum absolute atomic E-state index is 0.228. The molecule has 1 heterocycles. The Morgan fingerprint density at radius 1 is 1.26 bits per heavy atom. The molecule has 1 aliphatic rings. The molecule has 3 rings (SSSR count). The number of nitrogens with one attached hydrogen (secondary N) is 1. The van der Waals surface area contributed by atoms with Crippen LogP contribution in [-0.4, -0.2) is 40.6 Å². The molecule has 1 aromatic carbocycles. The van der Waals surface area contributed by atoms with E-state index in [1.807, 2.05) is 18.1 Å². The predicted octanol–water partition coefficient (Wildman–Crippen LogP) is 3.11. The number of benzene rings is 1. The van der Waals surface area contributed by atoms with Gasteiger partial charge in [0.1, 0.15) is 0 Å². The third kappa shape index (κ3) is 3.75. The standard InChI is InChI=1S/C19H26N2O2/c1-21(17-6-2-15(13-22)3-7-17)19(23)9-5-14-4-8-18-16(12-14)10-11-20-18/h4,8,10-12,15,17,20,22H,2-3,5-7,9,13H2,1H3. The predicted molar refractivity (Wildman–Crippen MR) is 92.2 cm³/mol. The van der Waals surface area contributed by atoms with Gasteiger partial charge >= 0.3 is 0 Å². The van der Waals surface area contributed by atoms with Crippen molar-refractivity contribution in [2.45, 2.75) is 44.6 Å². The van der Waals surface area contributed by atoms with Crippen molar-refractivity contribution in [3.8, 4) is 0 Å². The maximum atomic E-state index is 12.5. The fourth-order valence-corrected chi connectivity index (χ4v) is 3.60. The molecule has 1 aliphatic carbocycles. The van der Waals surface area contributed by atoms with Gasteiger partial charge in [-0.05, 0) is 67.2 Å². The minimum Gasteiger partial charge on any atom is -0.396 e. The van der Waals surface area contributed by atoms with Crippen LogP contribution in [0.1, 0.15) is 37.7 Å². The Labute approximate surface area is 137 Å². The molecule has 0 aliphatic heterocycles. The fraction of sp³-hybridized carbons (Fsp3) is 0.526. The summed E-state index contributed by atoms with van der Waals surface area (Å²) in [5, 5.41) is 10.4. The summed E-state index contributed by atoms with van der Waals surface area (Å²) in [7, 11) is 1.93. The molecule has 0 spiro atoms. The molecule has 0 saturated heterocycles. The van der Waals surface area contributed by atoms with E-state index >= 15 is 0 Å². The Morgan fingerprint density at radius 3 is 2.78 bits per heavy atom. The van der Waals surface area contributed by atoms with E-state index < -0.39 is 0 Å². The lowest BCUT2D eigenvalue weighted by molar-refractivity contribution is -0.132. The van der Waals surface area contributed by atoms with Gasteiger partial charge in [0.05, 0.1) is 0 Å². The van der Waals surface area contributed by atoms with Crippen LogP contribution in [0.25, 0.3) is 10.9 Å². The zero-order valence-electron chi connectivity index (χ0n) is 13.8. The molecule has 0 radical (unpaired) electrons. The van der Waals surface area contributed by atoms with Gasteiger partial charge in [-0.15, -0.1) is 0 Å². The second-order valence-corrected chi connectivity index (χ2v) is 6.76. The fourth-order valence-electron chi connectivity index (χ4n) is 3.60. The van der Waals surface area contributed by atoms with Gasteiger partial charge in [-0.2, -0.15) is 0 Å². The quantitative estimate of drug-likeness (QED) is 0.891. The zero-order chi connectivity index (χ0) is 16.2. The van der Waals surface area contributed by atoms with Crippen molar-refractivity contribution in [2.24, 2.45) is 5.92 Å². The molecule has 0 unspecified atom stereocenters. The molecular weight excluding hydrogens is 288 g/mol. The summed E-state index contributed by atoms with van der Waals surface area (Å²) < 4.78 is 0. The van der Waals surface area contributed by atoms with E-state index in [0.717, 1.165) is 37.6 Å². The molecule has 4 nitrogen and oxygen atoms in total. The number of fused-ring (bicyclic) bond motifs is 1. The molecular formula is C19H26N2O2. The summed E-state index contributed by atoms with van der Waals surface area (Å²) in [6.07, 6.45) is 7.39. The molecule has 4 heteroatoms. The minimum atomic E-state index is 0.228. The lowest BCUT2D eigenvalue weighted by Gasteiger charge is -2.34. The van der Waals surface area contributed by atoms with Gasteiger partial charge in [0.15, 0.2) is 0 Å². The van der Waals surface area contributed by atoms with E-state index in [1.54, 1.807) is 0 Å². The average Bonchev–Trinajstić information content (AvgIpc) is 3.06. The van der Waals surface area contributed by atoms with E-state index in [4.69, 9.17) is 0 Å². The Kier molecular flexibility index (Phi) is 5.01. The molecule has 124 valence electrons. The number of aromatic amines is 1. The van der Waals surface area contributed by atoms with Crippen molar-refractivity contribution in [3.05, 3.63) is 36.0 Å². The lowest BCUT2D eigenvalue weighted by Crippen LogP contribution is -2.39. The van der Waals surface area contributed by atoms with Crippen LogP contribution >= 0.6 is 0 Å². The van der Waals surface area contributed by atoms with Crippen LogP contribution in [-0.2, 0) is 11.2 Å². The van der Waals surface area contributed by atoms with Crippen LogP contribution in [0.15, 0.2) is 30.5 Å². The monoisotopic (exact) mass is 314 g/mol. The van der Waals surface area contributed by atoms with Crippen LogP contribution in [0.2, 0.25) is 0 Å². The first-order valence-corrected chi connectivity index (χ1v) is 8.60. The Bertz CT molecular complexity index is 656. The number of hydrogen-bond donors (Lipinski definition) is 2. The van der Waals surface area contributed by atoms with E-state index in [2.05, 4.69) is 29.2 Å². The maximum Gasteiger partial charge on any atom is 0.222 e. The van der Waals surface area contributed by atoms with Gasteiger partial charge in [-0.3, -0.25) is 4.79 Å². The molecule has 0 bridgehead atoms. The highest BCUT2D eigenvalue weighted by Crippen LogP contribution is 2.27. The lowest BCUT2D eigenvalue weighted by atomic mass is 9.86. The topological polar surface area (TPSA) is 56.3 Å². The smallest absolute Gasteiger partial charge is 0.222 e. The summed E-state index contributed by atoms with van der Waals surface area (Å²) in [4.78, 5) is 17.6. The molecule has 2 N–H and O–H groups in total. The van der Waals surface area contributed by atoms with Gasteiger partial charge in [-0.1, -0.05) is 6.07 Å². The molecule has 1 aromatic heterocycles. The van der Waals surface area contributed by atoms with Crippen molar-refractivity contribution >= 4 is 16.8 Å². The number of aryl methyl sites for hydroxylation is 1. The number of carbonyl (C=O) groups excluding carboxylic acids is 1. The molecule has 1 fully saturated rings. The van der Waals surface area contributed by atoms with Crippen LogP contribution in [0.3, 0.4) is 0 Å². The normalized spacial score (nSPS) is 21.5. The Morgan fingerprint density at radius 2 is 2.04 bits per heavy atom. The highest BCUT2D eigenvalue weighted by Gasteiger charge is 2.25. The number of carbonyl (C=O) groups is 1. The van der Waals surface area contributed by atoms with Crippen molar-refractivity contribution in [1.29, 1.82) is 0 Å². The first kappa shape index (κ1) is 16.1. The maximum absolute atomic E-state index is 12.5. The summed E-state index contributed by atoms with van der Waals surface area (Å²) in [5.74, 6) is 0.662. The van der Waals surface area contributed by atoms with Gasteiger partial charge in [-0.25, -0.2) is 0 Å². The van der Waals surface area contributed by atoms with Gasteiger partial charge in [0, 0.05) is 37.8 Å². The summed E-state index contributed by atoms with van der Waals surface area (Å²) >= 11 is 0. The van der Waals surface area contributed by atoms with E-state index in [-0.39, 0.29) is 12.5 Å². The number of aromatic nitrogens is 1. The number of aliphatic hydroxyl groups is 1. The molecule has 1 saturated carbocycles. The van der Waals surface area contributed by atoms with Gasteiger partial charge < -0.3 is 15.0 Å². The Balaban J connectivity index is 1.52. The molecule has 2 aromatic rings. The van der Waals surface area contributed by atoms with Crippen LogP contribution in [0, 0.1) is 5.92 Å². The van der Waals surface area contributed by atoms with Crippen molar-refractivity contribution in [3.63, 3.8) is 0 Å². The van der Waals surface area contributed by atoms with Gasteiger partial charge in [0.25, 0.3) is 0 Å². The number of nitrogens with zero attached hydrogens (tertiary/aromatic N) is 1. The first-order valence-electron chi connectivity index (χ1n) is 8.60. The second kappa shape index (κ2) is 7.18. The third-order valence-electron chi connectivity index (χ3n) is 5.26. The number of H-pyrrole nitrogens is 1. The summed E-state index contributed by atoms with van der Waals surface area (Å²) in [6, 6.07) is 8.74. The third-order valence-corrected chi connectivity index (χ3v) is 5.26. The molecule has 0 atom stereocenters. The van der Waals surface area contributed by atoms with E-state index in [1.165, 1.54) is 10.9 Å². The van der Waals surface area contributed by atoms with Crippen LogP contribution < -0.4 is 0 Å². The number of amides is 1. The van der Waals surface area contributed by atoms with E-state index in [9.17, 15) is 9.90 Å². The number of rotatable bonds is 5.